The van der Waals surface area contributed by atoms with Crippen LogP contribution in [-0.4, -0.2) is 21.4 Å². The van der Waals surface area contributed by atoms with Gasteiger partial charge in [0, 0.05) is 12.6 Å². The van der Waals surface area contributed by atoms with Crippen LogP contribution in [0.2, 0.25) is 0 Å². The third-order valence-corrected chi connectivity index (χ3v) is 2.13. The summed E-state index contributed by atoms with van der Waals surface area (Å²) < 4.78 is 29.5. The minimum atomic E-state index is -2.83. The molecule has 0 aliphatic heterocycles. The first kappa shape index (κ1) is 11.3. The topological polar surface area (TPSA) is 66.0 Å². The molecular weight excluding hydrogens is 230 g/mol. The van der Waals surface area contributed by atoms with Gasteiger partial charge in [0.05, 0.1) is 0 Å². The van der Waals surface area contributed by atoms with Crippen molar-refractivity contribution in [1.29, 1.82) is 0 Å². The molecule has 2 N–H and O–H groups in total. The summed E-state index contributed by atoms with van der Waals surface area (Å²) in [7, 11) is 1.67. The third kappa shape index (κ3) is 2.49. The first-order chi connectivity index (χ1) is 8.06. The fraction of sp³-hybridized carbons (Fsp3) is 0.200. The monoisotopic (exact) mass is 240 g/mol. The van der Waals surface area contributed by atoms with Gasteiger partial charge in [-0.05, 0) is 24.3 Å². The number of nitrogens with two attached hydrogens (primary N) is 1. The zero-order valence-corrected chi connectivity index (χ0v) is 8.97. The highest BCUT2D eigenvalue weighted by Gasteiger charge is 2.08. The van der Waals surface area contributed by atoms with Crippen molar-refractivity contribution in [1.82, 2.24) is 14.8 Å². The number of nitrogen functional groups attached to an aromatic ring is 1. The second-order valence-corrected chi connectivity index (χ2v) is 3.32. The third-order valence-electron chi connectivity index (χ3n) is 2.13. The Morgan fingerprint density at radius 1 is 1.29 bits per heavy atom. The maximum absolute atomic E-state index is 11.9. The van der Waals surface area contributed by atoms with Gasteiger partial charge >= 0.3 is 6.61 Å². The second kappa shape index (κ2) is 4.36. The number of anilines is 1. The number of hydrogen-bond acceptors (Lipinski definition) is 4. The van der Waals surface area contributed by atoms with E-state index in [-0.39, 0.29) is 11.7 Å². The van der Waals surface area contributed by atoms with Crippen LogP contribution in [0.5, 0.6) is 5.75 Å². The maximum Gasteiger partial charge on any atom is 0.387 e. The Labute approximate surface area is 95.8 Å². The molecular formula is C10H10F2N4O. The Morgan fingerprint density at radius 2 is 1.94 bits per heavy atom. The van der Waals surface area contributed by atoms with Gasteiger partial charge < -0.3 is 10.5 Å². The van der Waals surface area contributed by atoms with E-state index in [2.05, 4.69) is 14.8 Å². The molecule has 0 spiro atoms. The van der Waals surface area contributed by atoms with Crippen molar-refractivity contribution < 1.29 is 13.5 Å². The number of alkyl halides is 2. The molecule has 0 aliphatic rings. The maximum atomic E-state index is 11.9. The molecule has 1 heterocycles. The number of rotatable bonds is 3. The predicted molar refractivity (Wildman–Crippen MR) is 57.5 cm³/mol. The molecule has 0 saturated carbocycles. The summed E-state index contributed by atoms with van der Waals surface area (Å²) in [6.45, 7) is -2.83. The van der Waals surface area contributed by atoms with E-state index in [1.165, 1.54) is 16.8 Å². The van der Waals surface area contributed by atoms with Crippen LogP contribution in [0.25, 0.3) is 11.4 Å². The summed E-state index contributed by atoms with van der Waals surface area (Å²) in [5, 5.41) is 4.06. The molecule has 5 nitrogen and oxygen atoms in total. The summed E-state index contributed by atoms with van der Waals surface area (Å²) in [6, 6.07) is 6.03. The number of nitrogens with zero attached hydrogens (tertiary/aromatic N) is 3. The standard InChI is InChI=1S/C10H10F2N4O/c1-16-10(13)14-8(15-16)6-2-4-7(5-3-6)17-9(11)12/h2-5,9H,1H3,(H2,13,14,15). The Kier molecular flexibility index (Phi) is 2.90. The number of aryl methyl sites for hydroxylation is 1. The smallest absolute Gasteiger partial charge is 0.387 e. The fourth-order valence-electron chi connectivity index (χ4n) is 1.30. The molecule has 0 bridgehead atoms. The van der Waals surface area contributed by atoms with E-state index in [4.69, 9.17) is 5.73 Å². The molecule has 17 heavy (non-hydrogen) atoms. The first-order valence-corrected chi connectivity index (χ1v) is 4.78. The zero-order valence-electron chi connectivity index (χ0n) is 8.97. The van der Waals surface area contributed by atoms with Crippen LogP contribution in [-0.2, 0) is 7.05 Å². The van der Waals surface area contributed by atoms with Gasteiger partial charge in [-0.2, -0.15) is 13.8 Å². The average Bonchev–Trinajstić information content (AvgIpc) is 2.59. The van der Waals surface area contributed by atoms with Gasteiger partial charge in [0.2, 0.25) is 5.95 Å². The SMILES string of the molecule is Cn1nc(-c2ccc(OC(F)F)cc2)nc1N. The Hall–Kier alpha value is -2.18. The van der Waals surface area contributed by atoms with Crippen molar-refractivity contribution in [3.05, 3.63) is 24.3 Å². The van der Waals surface area contributed by atoms with E-state index in [1.807, 2.05) is 0 Å². The number of aromatic nitrogens is 3. The van der Waals surface area contributed by atoms with Crippen LogP contribution >= 0.6 is 0 Å². The summed E-state index contributed by atoms with van der Waals surface area (Å²) in [5.74, 6) is 0.814. The first-order valence-electron chi connectivity index (χ1n) is 4.78. The highest BCUT2D eigenvalue weighted by atomic mass is 19.3. The van der Waals surface area contributed by atoms with Crippen molar-refractivity contribution in [3.63, 3.8) is 0 Å². The number of halogens is 2. The zero-order chi connectivity index (χ0) is 12.4. The molecule has 90 valence electrons. The minimum Gasteiger partial charge on any atom is -0.435 e. The van der Waals surface area contributed by atoms with Crippen molar-refractivity contribution in [3.8, 4) is 17.1 Å². The van der Waals surface area contributed by atoms with Gasteiger partial charge in [-0.3, -0.25) is 0 Å². The van der Waals surface area contributed by atoms with Crippen LogP contribution in [0.4, 0.5) is 14.7 Å². The summed E-state index contributed by atoms with van der Waals surface area (Å²) in [6.07, 6.45) is 0. The van der Waals surface area contributed by atoms with E-state index in [1.54, 1.807) is 19.2 Å². The van der Waals surface area contributed by atoms with E-state index < -0.39 is 6.61 Å². The lowest BCUT2D eigenvalue weighted by Gasteiger charge is -2.03. The van der Waals surface area contributed by atoms with Gasteiger partial charge in [-0.25, -0.2) is 4.68 Å². The minimum absolute atomic E-state index is 0.0904. The number of ether oxygens (including phenoxy) is 1. The summed E-state index contributed by atoms with van der Waals surface area (Å²) in [5.41, 5.74) is 6.22. The van der Waals surface area contributed by atoms with Crippen LogP contribution in [0.15, 0.2) is 24.3 Å². The Bertz CT molecular complexity index is 490. The molecule has 0 aliphatic carbocycles. The molecule has 0 radical (unpaired) electrons. The van der Waals surface area contributed by atoms with Gasteiger partial charge in [0.15, 0.2) is 5.82 Å². The van der Waals surface area contributed by atoms with E-state index >= 15 is 0 Å². The Balaban J connectivity index is 2.23. The Morgan fingerprint density at radius 3 is 2.41 bits per heavy atom. The quantitative estimate of drug-likeness (QED) is 0.886. The van der Waals surface area contributed by atoms with Crippen LogP contribution < -0.4 is 10.5 Å². The molecule has 0 fully saturated rings. The molecule has 1 aromatic heterocycles. The number of benzene rings is 1. The van der Waals surface area contributed by atoms with Crippen molar-refractivity contribution in [2.45, 2.75) is 6.61 Å². The summed E-state index contributed by atoms with van der Waals surface area (Å²) >= 11 is 0. The van der Waals surface area contributed by atoms with Gasteiger partial charge in [0.25, 0.3) is 0 Å². The molecule has 0 amide bonds. The molecule has 0 atom stereocenters. The highest BCUT2D eigenvalue weighted by molar-refractivity contribution is 5.57. The largest absolute Gasteiger partial charge is 0.435 e. The van der Waals surface area contributed by atoms with Crippen LogP contribution in [0, 0.1) is 0 Å². The van der Waals surface area contributed by atoms with Gasteiger partial charge in [0.1, 0.15) is 5.75 Å². The average molecular weight is 240 g/mol. The van der Waals surface area contributed by atoms with Crippen molar-refractivity contribution in [2.75, 3.05) is 5.73 Å². The lowest BCUT2D eigenvalue weighted by Crippen LogP contribution is -2.01. The summed E-state index contributed by atoms with van der Waals surface area (Å²) in [4.78, 5) is 4.01. The van der Waals surface area contributed by atoms with Crippen LogP contribution in [0.3, 0.4) is 0 Å². The lowest BCUT2D eigenvalue weighted by molar-refractivity contribution is -0.0498. The molecule has 1 aromatic carbocycles. The molecule has 0 unspecified atom stereocenters. The fourth-order valence-corrected chi connectivity index (χ4v) is 1.30. The highest BCUT2D eigenvalue weighted by Crippen LogP contribution is 2.21. The van der Waals surface area contributed by atoms with E-state index in [0.717, 1.165) is 0 Å². The molecule has 2 aromatic rings. The van der Waals surface area contributed by atoms with Crippen molar-refractivity contribution in [2.24, 2.45) is 7.05 Å². The lowest BCUT2D eigenvalue weighted by atomic mass is 10.2. The van der Waals surface area contributed by atoms with E-state index in [9.17, 15) is 8.78 Å². The normalized spacial score (nSPS) is 10.8. The number of hydrogen-bond donors (Lipinski definition) is 1. The second-order valence-electron chi connectivity index (χ2n) is 3.32. The van der Waals surface area contributed by atoms with Gasteiger partial charge in [-0.1, -0.05) is 0 Å². The van der Waals surface area contributed by atoms with Crippen LogP contribution in [0.1, 0.15) is 0 Å². The van der Waals surface area contributed by atoms with Crippen molar-refractivity contribution >= 4 is 5.95 Å². The molecule has 2 rings (SSSR count). The van der Waals surface area contributed by atoms with Gasteiger partial charge in [-0.15, -0.1) is 5.10 Å². The molecule has 0 saturated heterocycles. The van der Waals surface area contributed by atoms with E-state index in [0.29, 0.717) is 11.4 Å². The predicted octanol–water partition coefficient (Wildman–Crippen LogP) is 1.67. The molecule has 7 heteroatoms.